The number of carbonyl (C=O) groups excluding carboxylic acids is 2. The molecule has 0 unspecified atom stereocenters. The Bertz CT molecular complexity index is 1210. The third kappa shape index (κ3) is 3.24. The van der Waals surface area contributed by atoms with Gasteiger partial charge in [0.2, 0.25) is 5.91 Å². The number of benzene rings is 1. The second-order valence-corrected chi connectivity index (χ2v) is 8.35. The highest BCUT2D eigenvalue weighted by Crippen LogP contribution is 2.54. The van der Waals surface area contributed by atoms with Crippen LogP contribution >= 0.6 is 0 Å². The number of carbonyl (C=O) groups is 2. The Labute approximate surface area is 178 Å². The number of nitrogens with one attached hydrogen (secondary N) is 1. The van der Waals surface area contributed by atoms with Crippen molar-refractivity contribution in [1.29, 1.82) is 0 Å². The molecule has 4 atom stereocenters. The molecule has 10 heteroatoms. The number of anilines is 3. The minimum Gasteiger partial charge on any atom is -0.447 e. The maximum atomic E-state index is 12.8. The van der Waals surface area contributed by atoms with E-state index in [-0.39, 0.29) is 29.7 Å². The summed E-state index contributed by atoms with van der Waals surface area (Å²) in [6, 6.07) is 5.11. The molecule has 1 aromatic carbocycles. The van der Waals surface area contributed by atoms with Gasteiger partial charge in [0, 0.05) is 30.5 Å². The predicted octanol–water partition coefficient (Wildman–Crippen LogP) is 2.28. The van der Waals surface area contributed by atoms with E-state index in [0.29, 0.717) is 34.7 Å². The first-order valence-corrected chi connectivity index (χ1v) is 10.2. The summed E-state index contributed by atoms with van der Waals surface area (Å²) in [5.74, 6) is 0.471. The summed E-state index contributed by atoms with van der Waals surface area (Å²) in [4.78, 5) is 26.5. The van der Waals surface area contributed by atoms with E-state index in [0.717, 1.165) is 5.56 Å². The molecule has 10 nitrogen and oxygen atoms in total. The molecule has 2 aliphatic rings. The lowest BCUT2D eigenvalue weighted by atomic mass is 10.1. The molecule has 3 aromatic rings. The smallest absolute Gasteiger partial charge is 0.414 e. The monoisotopic (exact) mass is 421 g/mol. The van der Waals surface area contributed by atoms with Gasteiger partial charge in [-0.1, -0.05) is 6.92 Å². The Kier molecular flexibility index (Phi) is 4.31. The Morgan fingerprint density at radius 2 is 2.06 bits per heavy atom. The van der Waals surface area contributed by atoms with E-state index in [4.69, 9.17) is 10.5 Å². The minimum absolute atomic E-state index is 0.0981. The highest BCUT2D eigenvalue weighted by atomic mass is 16.6. The molecule has 2 fully saturated rings. The van der Waals surface area contributed by atoms with Crippen LogP contribution in [0.5, 0.6) is 0 Å². The van der Waals surface area contributed by atoms with Crippen molar-refractivity contribution in [3.63, 3.8) is 0 Å². The lowest BCUT2D eigenvalue weighted by molar-refractivity contribution is -0.117. The van der Waals surface area contributed by atoms with Gasteiger partial charge in [-0.25, -0.2) is 4.79 Å². The topological polar surface area (TPSA) is 128 Å². The summed E-state index contributed by atoms with van der Waals surface area (Å²) >= 11 is 0. The molecule has 0 bridgehead atoms. The maximum Gasteiger partial charge on any atom is 0.414 e. The van der Waals surface area contributed by atoms with Gasteiger partial charge in [0.15, 0.2) is 5.82 Å². The second-order valence-electron chi connectivity index (χ2n) is 8.35. The van der Waals surface area contributed by atoms with Crippen LogP contribution in [-0.2, 0) is 16.6 Å². The van der Waals surface area contributed by atoms with Gasteiger partial charge in [-0.3, -0.25) is 14.4 Å². The molecule has 1 aliphatic heterocycles. The van der Waals surface area contributed by atoms with Crippen LogP contribution in [0.1, 0.15) is 25.3 Å². The highest BCUT2D eigenvalue weighted by Gasteiger charge is 2.53. The molecule has 2 amide bonds. The molecule has 1 saturated heterocycles. The van der Waals surface area contributed by atoms with Crippen molar-refractivity contribution in [2.45, 2.75) is 25.8 Å². The first kappa shape index (κ1) is 19.3. The number of nitrogen functional groups attached to an aromatic ring is 1. The second kappa shape index (κ2) is 6.93. The zero-order valence-electron chi connectivity index (χ0n) is 17.4. The van der Waals surface area contributed by atoms with E-state index in [9.17, 15) is 9.59 Å². The summed E-state index contributed by atoms with van der Waals surface area (Å²) < 4.78 is 6.85. The summed E-state index contributed by atoms with van der Waals surface area (Å²) in [6.45, 7) is 4.28. The molecule has 0 radical (unpaired) electrons. The lowest BCUT2D eigenvalue weighted by Gasteiger charge is -2.19. The van der Waals surface area contributed by atoms with Gasteiger partial charge in [-0.05, 0) is 36.6 Å². The zero-order chi connectivity index (χ0) is 21.9. The quantitative estimate of drug-likeness (QED) is 0.618. The van der Waals surface area contributed by atoms with E-state index in [1.54, 1.807) is 34.0 Å². The molecule has 0 spiro atoms. The fourth-order valence-corrected chi connectivity index (χ4v) is 4.44. The van der Waals surface area contributed by atoms with Gasteiger partial charge >= 0.3 is 6.09 Å². The molecular weight excluding hydrogens is 398 g/mol. The van der Waals surface area contributed by atoms with Crippen LogP contribution in [0.2, 0.25) is 0 Å². The molecular formula is C21H23N7O3. The molecule has 5 rings (SSSR count). The number of nitrogens with two attached hydrogens (primary N) is 1. The summed E-state index contributed by atoms with van der Waals surface area (Å²) in [7, 11) is 1.86. The van der Waals surface area contributed by atoms with Crippen molar-refractivity contribution in [2.24, 2.45) is 18.9 Å². The van der Waals surface area contributed by atoms with Gasteiger partial charge in [-0.15, -0.1) is 10.2 Å². The predicted molar refractivity (Wildman–Crippen MR) is 114 cm³/mol. The SMILES string of the molecule is C[C@H]1[C@H](C(=O)Nc2cc3cc(N4C(=O)OC[C@@H]4C)cc(N)c3nn2)[C@H]1c1cnn(C)c1. The summed E-state index contributed by atoms with van der Waals surface area (Å²) in [5.41, 5.74) is 8.74. The van der Waals surface area contributed by atoms with Crippen LogP contribution in [0.4, 0.5) is 22.0 Å². The van der Waals surface area contributed by atoms with Crippen molar-refractivity contribution in [1.82, 2.24) is 20.0 Å². The number of fused-ring (bicyclic) bond motifs is 1. The van der Waals surface area contributed by atoms with E-state index in [1.165, 1.54) is 0 Å². The first-order chi connectivity index (χ1) is 14.8. The third-order valence-electron chi connectivity index (χ3n) is 6.11. The van der Waals surface area contributed by atoms with Gasteiger partial charge in [0.1, 0.15) is 12.1 Å². The van der Waals surface area contributed by atoms with Gasteiger partial charge in [0.25, 0.3) is 0 Å². The Balaban J connectivity index is 1.39. The van der Waals surface area contributed by atoms with E-state index < -0.39 is 6.09 Å². The van der Waals surface area contributed by atoms with Crippen LogP contribution in [0.15, 0.2) is 30.6 Å². The zero-order valence-corrected chi connectivity index (χ0v) is 17.4. The van der Waals surface area contributed by atoms with Crippen molar-refractivity contribution in [3.8, 4) is 0 Å². The number of cyclic esters (lactones) is 1. The third-order valence-corrected chi connectivity index (χ3v) is 6.11. The molecule has 160 valence electrons. The average Bonchev–Trinajstić information content (AvgIpc) is 3.00. The molecule has 31 heavy (non-hydrogen) atoms. The fraction of sp³-hybridized carbons (Fsp3) is 0.381. The maximum absolute atomic E-state index is 12.8. The van der Waals surface area contributed by atoms with E-state index in [2.05, 4.69) is 27.5 Å². The Morgan fingerprint density at radius 3 is 2.74 bits per heavy atom. The first-order valence-electron chi connectivity index (χ1n) is 10.2. The normalized spacial score (nSPS) is 25.0. The summed E-state index contributed by atoms with van der Waals surface area (Å²) in [5, 5.41) is 16.1. The standard InChI is InChI=1S/C21H23N7O3/c1-10-9-31-21(30)28(10)14-4-12-5-16(25-26-19(12)15(22)6-14)24-20(29)18-11(2)17(18)13-7-23-27(3)8-13/h4-8,10-11,17-18H,9,22H2,1-3H3,(H,24,25,29)/t10-,11+,17+,18-/m0/s1. The largest absolute Gasteiger partial charge is 0.447 e. The molecule has 1 saturated carbocycles. The van der Waals surface area contributed by atoms with Crippen LogP contribution in [0, 0.1) is 11.8 Å². The average molecular weight is 421 g/mol. The number of nitrogens with zero attached hydrogens (tertiary/aromatic N) is 5. The number of ether oxygens (including phenoxy) is 1. The van der Waals surface area contributed by atoms with Crippen molar-refractivity contribution in [3.05, 3.63) is 36.2 Å². The van der Waals surface area contributed by atoms with Crippen LogP contribution in [0.3, 0.4) is 0 Å². The number of aromatic nitrogens is 4. The lowest BCUT2D eigenvalue weighted by Crippen LogP contribution is -2.30. The van der Waals surface area contributed by atoms with Crippen molar-refractivity contribution in [2.75, 3.05) is 22.6 Å². The van der Waals surface area contributed by atoms with Crippen LogP contribution < -0.4 is 16.0 Å². The Hall–Kier alpha value is -3.69. The van der Waals surface area contributed by atoms with E-state index in [1.807, 2.05) is 20.2 Å². The number of amides is 2. The fourth-order valence-electron chi connectivity index (χ4n) is 4.44. The van der Waals surface area contributed by atoms with Crippen molar-refractivity contribution >= 4 is 40.1 Å². The Morgan fingerprint density at radius 1 is 1.26 bits per heavy atom. The van der Waals surface area contributed by atoms with E-state index >= 15 is 0 Å². The number of aryl methyl sites for hydroxylation is 1. The molecule has 1 aliphatic carbocycles. The molecule has 3 heterocycles. The minimum atomic E-state index is -0.411. The number of hydrogen-bond donors (Lipinski definition) is 2. The van der Waals surface area contributed by atoms with Crippen LogP contribution in [0.25, 0.3) is 10.9 Å². The molecule has 2 aromatic heterocycles. The van der Waals surface area contributed by atoms with Gasteiger partial charge in [0.05, 0.1) is 23.6 Å². The van der Waals surface area contributed by atoms with Crippen LogP contribution in [-0.4, -0.2) is 44.6 Å². The number of rotatable bonds is 4. The summed E-state index contributed by atoms with van der Waals surface area (Å²) in [6.07, 6.45) is 3.34. The number of hydrogen-bond acceptors (Lipinski definition) is 7. The molecule has 3 N–H and O–H groups in total. The van der Waals surface area contributed by atoms with Crippen molar-refractivity contribution < 1.29 is 14.3 Å². The van der Waals surface area contributed by atoms with Gasteiger partial charge in [-0.2, -0.15) is 5.10 Å². The van der Waals surface area contributed by atoms with Gasteiger partial charge < -0.3 is 15.8 Å². The highest BCUT2D eigenvalue weighted by molar-refractivity contribution is 6.00.